The van der Waals surface area contributed by atoms with E-state index in [-0.39, 0.29) is 24.1 Å². The van der Waals surface area contributed by atoms with Gasteiger partial charge in [0.05, 0.1) is 17.2 Å². The van der Waals surface area contributed by atoms with Gasteiger partial charge in [0.25, 0.3) is 5.91 Å². The molecule has 1 amide bonds. The normalized spacial score (nSPS) is 17.8. The van der Waals surface area contributed by atoms with Crippen LogP contribution in [0.1, 0.15) is 12.0 Å². The Labute approximate surface area is 178 Å². The van der Waals surface area contributed by atoms with E-state index in [4.69, 9.17) is 17.0 Å². The number of aryl methyl sites for hydroxylation is 1. The summed E-state index contributed by atoms with van der Waals surface area (Å²) >= 11 is 6.69. The average Bonchev–Trinajstić information content (AvgIpc) is 3.22. The number of hydrogen-bond acceptors (Lipinski definition) is 7. The van der Waals surface area contributed by atoms with Gasteiger partial charge in [-0.3, -0.25) is 9.59 Å². The number of hydrogen-bond donors (Lipinski definition) is 0. The minimum absolute atomic E-state index is 0.0484. The number of nitrogens with zero attached hydrogens (tertiary/aromatic N) is 2. The van der Waals surface area contributed by atoms with E-state index in [1.165, 1.54) is 23.3 Å². The van der Waals surface area contributed by atoms with Crippen LogP contribution in [0.15, 0.2) is 29.6 Å². The zero-order chi connectivity index (χ0) is 21.2. The molecule has 0 radical (unpaired) electrons. The number of benzene rings is 1. The first-order chi connectivity index (χ1) is 13.7. The lowest BCUT2D eigenvalue weighted by Gasteiger charge is -2.23. The molecule has 1 aromatic carbocycles. The molecule has 1 aliphatic heterocycles. The van der Waals surface area contributed by atoms with Gasteiger partial charge >= 0.3 is 5.97 Å². The summed E-state index contributed by atoms with van der Waals surface area (Å²) in [5.41, 5.74) is 2.89. The molecule has 0 aliphatic carbocycles. The molecule has 0 unspecified atom stereocenters. The Morgan fingerprint density at radius 2 is 2.00 bits per heavy atom. The number of ether oxygens (including phenoxy) is 1. The lowest BCUT2D eigenvalue weighted by Crippen LogP contribution is -2.40. The number of amides is 1. The maximum atomic E-state index is 12.3. The number of thiazole rings is 1. The maximum Gasteiger partial charge on any atom is 0.326 e. The molecular formula is C19H22N2O5S3. The van der Waals surface area contributed by atoms with Crippen LogP contribution < -0.4 is 0 Å². The summed E-state index contributed by atoms with van der Waals surface area (Å²) in [6.07, 6.45) is 0.405. The van der Waals surface area contributed by atoms with Crippen LogP contribution in [0.4, 0.5) is 0 Å². The van der Waals surface area contributed by atoms with E-state index in [2.05, 4.69) is 0 Å². The molecule has 1 aliphatic rings. The first-order valence-corrected chi connectivity index (χ1v) is 12.1. The van der Waals surface area contributed by atoms with Gasteiger partial charge in [-0.05, 0) is 31.1 Å². The van der Waals surface area contributed by atoms with E-state index in [0.717, 1.165) is 16.8 Å². The number of carbonyl (C=O) groups is 2. The molecule has 3 rings (SSSR count). The average molecular weight is 455 g/mol. The highest BCUT2D eigenvalue weighted by Gasteiger charge is 2.32. The number of likely N-dealkylation sites (N-methyl/N-ethyl adjacent to an activating group) is 1. The Kier molecular flexibility index (Phi) is 6.55. The molecule has 0 saturated carbocycles. The summed E-state index contributed by atoms with van der Waals surface area (Å²) in [6.45, 7) is 1.47. The third-order valence-corrected chi connectivity index (χ3v) is 7.95. The summed E-state index contributed by atoms with van der Waals surface area (Å²) in [7, 11) is -1.56. The van der Waals surface area contributed by atoms with Crippen molar-refractivity contribution in [1.29, 1.82) is 0 Å². The van der Waals surface area contributed by atoms with Crippen molar-refractivity contribution in [2.75, 3.05) is 25.2 Å². The number of aromatic nitrogens is 1. The van der Waals surface area contributed by atoms with Crippen molar-refractivity contribution in [3.63, 3.8) is 0 Å². The summed E-state index contributed by atoms with van der Waals surface area (Å²) in [6, 6.07) is 7.52. The SMILES string of the molecule is Cc1ccc(-c2csc(=S)n2CC(=O)OCC(=O)N(C)[C@@H]2CCS(=O)(=O)C2)cc1. The van der Waals surface area contributed by atoms with E-state index in [0.29, 0.717) is 10.4 Å². The van der Waals surface area contributed by atoms with Crippen LogP contribution in [-0.2, 0) is 30.7 Å². The number of rotatable bonds is 6. The highest BCUT2D eigenvalue weighted by Crippen LogP contribution is 2.24. The van der Waals surface area contributed by atoms with E-state index >= 15 is 0 Å². The largest absolute Gasteiger partial charge is 0.454 e. The quantitative estimate of drug-likeness (QED) is 0.492. The maximum absolute atomic E-state index is 12.3. The second-order valence-corrected chi connectivity index (χ2v) is 10.8. The predicted molar refractivity (Wildman–Crippen MR) is 114 cm³/mol. The van der Waals surface area contributed by atoms with Gasteiger partial charge in [-0.15, -0.1) is 11.3 Å². The molecule has 0 N–H and O–H groups in total. The van der Waals surface area contributed by atoms with Gasteiger partial charge in [-0.25, -0.2) is 8.42 Å². The summed E-state index contributed by atoms with van der Waals surface area (Å²) in [5, 5.41) is 1.89. The van der Waals surface area contributed by atoms with Crippen LogP contribution >= 0.6 is 23.6 Å². The van der Waals surface area contributed by atoms with Gasteiger partial charge in [-0.1, -0.05) is 29.8 Å². The second kappa shape index (κ2) is 8.76. The highest BCUT2D eigenvalue weighted by atomic mass is 32.2. The minimum atomic E-state index is -3.09. The van der Waals surface area contributed by atoms with Crippen molar-refractivity contribution in [2.45, 2.75) is 25.9 Å². The first kappa shape index (κ1) is 21.7. The van der Waals surface area contributed by atoms with E-state index in [9.17, 15) is 18.0 Å². The Balaban J connectivity index is 1.60. The standard InChI is InChI=1S/C19H22N2O5S3/c1-13-3-5-14(6-4-13)16-11-28-19(27)21(16)9-18(23)26-10-17(22)20(2)15-7-8-29(24,25)12-15/h3-6,11,15H,7-10,12H2,1-2H3/t15-/m1/s1. The Morgan fingerprint density at radius 1 is 1.31 bits per heavy atom. The van der Waals surface area contributed by atoms with E-state index < -0.39 is 28.3 Å². The van der Waals surface area contributed by atoms with Gasteiger partial charge in [0, 0.05) is 18.5 Å². The van der Waals surface area contributed by atoms with Crippen molar-refractivity contribution in [3.8, 4) is 11.3 Å². The van der Waals surface area contributed by atoms with Crippen LogP contribution in [-0.4, -0.2) is 61.0 Å². The third kappa shape index (κ3) is 5.31. The molecule has 29 heavy (non-hydrogen) atoms. The number of carbonyl (C=O) groups excluding carboxylic acids is 2. The lowest BCUT2D eigenvalue weighted by atomic mass is 10.1. The van der Waals surface area contributed by atoms with Crippen LogP contribution in [0, 0.1) is 10.9 Å². The monoisotopic (exact) mass is 454 g/mol. The fourth-order valence-corrected chi connectivity index (χ4v) is 5.98. The Hall–Kier alpha value is -2.04. The van der Waals surface area contributed by atoms with Gasteiger partial charge in [0.1, 0.15) is 6.54 Å². The molecule has 2 aromatic rings. The predicted octanol–water partition coefficient (Wildman–Crippen LogP) is 2.44. The fourth-order valence-electron chi connectivity index (χ4n) is 3.13. The zero-order valence-corrected chi connectivity index (χ0v) is 18.6. The molecule has 1 saturated heterocycles. The van der Waals surface area contributed by atoms with E-state index in [1.807, 2.05) is 36.6 Å². The minimum Gasteiger partial charge on any atom is -0.454 e. The number of sulfone groups is 1. The molecular weight excluding hydrogens is 432 g/mol. The molecule has 2 heterocycles. The molecule has 1 aromatic heterocycles. The lowest BCUT2D eigenvalue weighted by molar-refractivity contribution is -0.152. The number of esters is 1. The van der Waals surface area contributed by atoms with Crippen LogP contribution in [0.2, 0.25) is 0 Å². The smallest absolute Gasteiger partial charge is 0.326 e. The molecule has 1 fully saturated rings. The van der Waals surface area contributed by atoms with Crippen LogP contribution in [0.25, 0.3) is 11.3 Å². The molecule has 156 valence electrons. The van der Waals surface area contributed by atoms with E-state index in [1.54, 1.807) is 4.57 Å². The van der Waals surface area contributed by atoms with Crippen molar-refractivity contribution >= 4 is 45.3 Å². The summed E-state index contributed by atoms with van der Waals surface area (Å²) < 4.78 is 30.5. The van der Waals surface area contributed by atoms with Crippen LogP contribution in [0.3, 0.4) is 0 Å². The van der Waals surface area contributed by atoms with Crippen molar-refractivity contribution in [3.05, 3.63) is 39.2 Å². The zero-order valence-electron chi connectivity index (χ0n) is 16.2. The van der Waals surface area contributed by atoms with Crippen LogP contribution in [0.5, 0.6) is 0 Å². The first-order valence-electron chi connectivity index (χ1n) is 9.03. The Bertz CT molecular complexity index is 1070. The molecule has 1 atom stereocenters. The highest BCUT2D eigenvalue weighted by molar-refractivity contribution is 7.91. The molecule has 0 bridgehead atoms. The molecule has 7 nitrogen and oxygen atoms in total. The van der Waals surface area contributed by atoms with Gasteiger partial charge in [0.2, 0.25) is 0 Å². The summed E-state index contributed by atoms with van der Waals surface area (Å²) in [5.74, 6) is -0.970. The van der Waals surface area contributed by atoms with Gasteiger partial charge in [-0.2, -0.15) is 0 Å². The molecule has 10 heteroatoms. The Morgan fingerprint density at radius 3 is 2.62 bits per heavy atom. The van der Waals surface area contributed by atoms with Gasteiger partial charge < -0.3 is 14.2 Å². The van der Waals surface area contributed by atoms with Crippen molar-refractivity contribution in [1.82, 2.24) is 9.47 Å². The fraction of sp³-hybridized carbons (Fsp3) is 0.421. The van der Waals surface area contributed by atoms with Gasteiger partial charge in [0.15, 0.2) is 20.4 Å². The second-order valence-electron chi connectivity index (χ2n) is 7.06. The summed E-state index contributed by atoms with van der Waals surface area (Å²) in [4.78, 5) is 25.9. The molecule has 0 spiro atoms. The third-order valence-electron chi connectivity index (χ3n) is 4.92. The van der Waals surface area contributed by atoms with Crippen molar-refractivity contribution < 1.29 is 22.7 Å². The van der Waals surface area contributed by atoms with Crippen molar-refractivity contribution in [2.24, 2.45) is 0 Å². The topological polar surface area (TPSA) is 85.7 Å².